The fraction of sp³-hybridized carbons (Fsp3) is 0.532. The molecule has 0 bridgehead atoms. The Morgan fingerprint density at radius 2 is 1.62 bits per heavy atom. The molecule has 0 amide bonds. The first-order valence-corrected chi connectivity index (χ1v) is 20.4. The summed E-state index contributed by atoms with van der Waals surface area (Å²) in [7, 11) is 3.07. The van der Waals surface area contributed by atoms with E-state index in [0.717, 1.165) is 25.7 Å². The quantitative estimate of drug-likeness (QED) is 0.299. The van der Waals surface area contributed by atoms with Crippen molar-refractivity contribution < 1.29 is 52.7 Å². The topological polar surface area (TPSA) is 144 Å². The van der Waals surface area contributed by atoms with Gasteiger partial charge in [-0.25, -0.2) is 0 Å². The van der Waals surface area contributed by atoms with Crippen LogP contribution < -0.4 is 23.7 Å². The molecule has 0 aromatic heterocycles. The highest BCUT2D eigenvalue weighted by Gasteiger charge is 2.67. The van der Waals surface area contributed by atoms with E-state index >= 15 is 0 Å². The van der Waals surface area contributed by atoms with Gasteiger partial charge in [0.25, 0.3) is 0 Å². The minimum absolute atomic E-state index is 0.0160. The van der Waals surface area contributed by atoms with Crippen molar-refractivity contribution in [2.24, 2.45) is 28.6 Å². The van der Waals surface area contributed by atoms with Crippen LogP contribution in [-0.2, 0) is 19.1 Å². The number of hydrogen-bond acceptors (Lipinski definition) is 11. The van der Waals surface area contributed by atoms with E-state index in [2.05, 4.69) is 26.8 Å². The van der Waals surface area contributed by atoms with E-state index < -0.39 is 23.2 Å². The summed E-state index contributed by atoms with van der Waals surface area (Å²) < 4.78 is 34.6. The summed E-state index contributed by atoms with van der Waals surface area (Å²) in [5, 5.41) is 10.7. The SMILES string of the molecule is CC(=O)OC1(C(C)=O)CCC2C3C=C(C)C4=CC(=O)CCC4(C)C3CCC21C.COc1cc2c(cc1OC)C1C(=O)c3c(O)cc4c(c3OC1CO2)C=CC(C)(C)O4. The van der Waals surface area contributed by atoms with E-state index in [1.165, 1.54) is 31.2 Å². The van der Waals surface area contributed by atoms with Crippen molar-refractivity contribution in [1.82, 2.24) is 0 Å². The first-order chi connectivity index (χ1) is 27.4. The number of methoxy groups -OCH3 is 2. The van der Waals surface area contributed by atoms with E-state index in [4.69, 9.17) is 28.4 Å². The third-order valence-electron chi connectivity index (χ3n) is 14.5. The molecule has 308 valence electrons. The number of ether oxygens (including phenoxy) is 6. The maximum atomic E-state index is 13.6. The molecular weight excluding hydrogens is 741 g/mol. The van der Waals surface area contributed by atoms with Crippen LogP contribution in [0.4, 0.5) is 0 Å². The number of fused-ring (bicyclic) bond motifs is 11. The van der Waals surface area contributed by atoms with Crippen molar-refractivity contribution in [3.63, 3.8) is 0 Å². The highest BCUT2D eigenvalue weighted by molar-refractivity contribution is 6.08. The number of phenolic OH excluding ortho intramolecular Hbond substituents is 1. The molecule has 8 atom stereocenters. The fourth-order valence-electron chi connectivity index (χ4n) is 11.7. The number of benzene rings is 2. The Morgan fingerprint density at radius 3 is 2.31 bits per heavy atom. The molecule has 11 nitrogen and oxygen atoms in total. The molecule has 1 N–H and O–H groups in total. The normalized spacial score (nSPS) is 33.1. The van der Waals surface area contributed by atoms with Crippen LogP contribution >= 0.6 is 0 Å². The maximum absolute atomic E-state index is 13.6. The molecule has 3 aliphatic heterocycles. The van der Waals surface area contributed by atoms with Gasteiger partial charge >= 0.3 is 5.97 Å². The molecule has 2 aromatic carbocycles. The molecule has 11 heteroatoms. The summed E-state index contributed by atoms with van der Waals surface area (Å²) in [5.74, 6) is 2.37. The number of esters is 1. The lowest BCUT2D eigenvalue weighted by atomic mass is 9.47. The lowest BCUT2D eigenvalue weighted by Gasteiger charge is -2.58. The Bertz CT molecular complexity index is 2230. The molecule has 0 saturated heterocycles. The molecule has 2 aromatic rings. The third kappa shape index (κ3) is 5.88. The third-order valence-corrected chi connectivity index (χ3v) is 14.5. The number of rotatable bonds is 4. The van der Waals surface area contributed by atoms with Gasteiger partial charge in [0.2, 0.25) is 0 Å². The van der Waals surface area contributed by atoms with E-state index in [1.54, 1.807) is 26.2 Å². The lowest BCUT2D eigenvalue weighted by Crippen LogP contribution is -2.58. The zero-order valence-corrected chi connectivity index (χ0v) is 34.9. The van der Waals surface area contributed by atoms with Gasteiger partial charge in [0.15, 0.2) is 34.4 Å². The van der Waals surface area contributed by atoms with Crippen LogP contribution in [0.25, 0.3) is 6.08 Å². The zero-order chi connectivity index (χ0) is 41.7. The second kappa shape index (κ2) is 13.8. The number of aromatic hydroxyl groups is 1. The van der Waals surface area contributed by atoms with Crippen LogP contribution in [0, 0.1) is 28.6 Å². The van der Waals surface area contributed by atoms with Gasteiger partial charge in [0.1, 0.15) is 46.9 Å². The van der Waals surface area contributed by atoms with Crippen molar-refractivity contribution in [3.8, 4) is 34.5 Å². The van der Waals surface area contributed by atoms with Gasteiger partial charge in [-0.15, -0.1) is 0 Å². The summed E-state index contributed by atoms with van der Waals surface area (Å²) in [5.41, 5.74) is 2.08. The minimum Gasteiger partial charge on any atom is -0.507 e. The second-order valence-corrected chi connectivity index (χ2v) is 18.2. The van der Waals surface area contributed by atoms with Crippen LogP contribution in [0.2, 0.25) is 0 Å². The predicted molar refractivity (Wildman–Crippen MR) is 215 cm³/mol. The average Bonchev–Trinajstić information content (AvgIpc) is 3.46. The first kappa shape index (κ1) is 39.8. The molecule has 58 heavy (non-hydrogen) atoms. The number of carbonyl (C=O) groups excluding carboxylic acids is 4. The molecule has 2 fully saturated rings. The molecule has 9 rings (SSSR count). The van der Waals surface area contributed by atoms with Crippen LogP contribution in [0.3, 0.4) is 0 Å². The van der Waals surface area contributed by atoms with Gasteiger partial charge in [-0.1, -0.05) is 25.5 Å². The van der Waals surface area contributed by atoms with Gasteiger partial charge < -0.3 is 33.5 Å². The van der Waals surface area contributed by atoms with Crippen molar-refractivity contribution in [2.45, 2.75) is 110 Å². The van der Waals surface area contributed by atoms with Gasteiger partial charge in [-0.2, -0.15) is 0 Å². The molecular formula is C47H54O11. The van der Waals surface area contributed by atoms with E-state index in [9.17, 15) is 24.3 Å². The standard InChI is InChI=1S/C24H32O4.C23H22O7/c1-14-12-18-19(22(4)9-6-17(27)13-21(14)22)7-10-23(5)20(18)8-11-24(23,15(2)25)28-16(3)26;1-23(2)6-5-11-15(30-23)8-13(24)20-21(25)19-12-7-16(26-3)17(27-4)9-14(12)28-10-18(19)29-22(11)20/h12-13,18-20H,6-11H2,1-5H3;5-9,18-19,24H,10H2,1-4H3. The number of carbonyl (C=O) groups is 4. The van der Waals surface area contributed by atoms with Crippen LogP contribution in [0.1, 0.15) is 114 Å². The van der Waals surface area contributed by atoms with E-state index in [-0.39, 0.29) is 52.1 Å². The smallest absolute Gasteiger partial charge is 0.303 e. The maximum Gasteiger partial charge on any atom is 0.303 e. The number of ketones is 3. The average molecular weight is 795 g/mol. The first-order valence-electron chi connectivity index (χ1n) is 20.4. The molecule has 8 unspecified atom stereocenters. The van der Waals surface area contributed by atoms with Crippen LogP contribution in [-0.4, -0.2) is 66.6 Å². The molecule has 0 spiro atoms. The highest BCUT2D eigenvalue weighted by atomic mass is 16.6. The molecule has 3 heterocycles. The zero-order valence-electron chi connectivity index (χ0n) is 34.9. The van der Waals surface area contributed by atoms with Crippen molar-refractivity contribution in [3.05, 3.63) is 64.3 Å². The number of hydrogen-bond donors (Lipinski definition) is 1. The van der Waals surface area contributed by atoms with E-state index in [1.807, 2.05) is 32.1 Å². The molecule has 4 aliphatic carbocycles. The Morgan fingerprint density at radius 1 is 0.914 bits per heavy atom. The molecule has 2 saturated carbocycles. The fourth-order valence-corrected chi connectivity index (χ4v) is 11.7. The van der Waals surface area contributed by atoms with Gasteiger partial charge in [-0.05, 0) is 113 Å². The predicted octanol–water partition coefficient (Wildman–Crippen LogP) is 8.29. The number of Topliss-reactive ketones (excluding diaryl/α,β-unsaturated/α-hetero) is 2. The van der Waals surface area contributed by atoms with Gasteiger partial charge in [0, 0.05) is 36.5 Å². The van der Waals surface area contributed by atoms with Crippen LogP contribution in [0.15, 0.2) is 47.6 Å². The summed E-state index contributed by atoms with van der Waals surface area (Å²) >= 11 is 0. The van der Waals surface area contributed by atoms with Crippen LogP contribution in [0.5, 0.6) is 34.5 Å². The largest absolute Gasteiger partial charge is 0.507 e. The number of phenols is 1. The van der Waals surface area contributed by atoms with Crippen molar-refractivity contribution in [1.29, 1.82) is 0 Å². The Labute approximate surface area is 339 Å². The van der Waals surface area contributed by atoms with Gasteiger partial charge in [0.05, 0.1) is 25.7 Å². The molecule has 0 radical (unpaired) electrons. The highest BCUT2D eigenvalue weighted by Crippen LogP contribution is 2.68. The number of allylic oxidation sites excluding steroid dienone is 4. The van der Waals surface area contributed by atoms with E-state index in [0.29, 0.717) is 70.5 Å². The summed E-state index contributed by atoms with van der Waals surface area (Å²) in [4.78, 5) is 50.3. The molecule has 7 aliphatic rings. The Kier molecular flexibility index (Phi) is 9.44. The van der Waals surface area contributed by atoms with Gasteiger partial charge in [-0.3, -0.25) is 19.2 Å². The monoisotopic (exact) mass is 794 g/mol. The lowest BCUT2D eigenvalue weighted by molar-refractivity contribution is -0.185. The van der Waals surface area contributed by atoms with Crippen molar-refractivity contribution >= 4 is 29.4 Å². The Balaban J connectivity index is 0.000000162. The summed E-state index contributed by atoms with van der Waals surface area (Å²) in [6.07, 6.45) is 12.4. The summed E-state index contributed by atoms with van der Waals surface area (Å²) in [6.45, 7) is 13.7. The summed E-state index contributed by atoms with van der Waals surface area (Å²) in [6, 6.07) is 4.92. The second-order valence-electron chi connectivity index (χ2n) is 18.2. The van der Waals surface area contributed by atoms with Crippen molar-refractivity contribution in [2.75, 3.05) is 20.8 Å². The Hall–Kier alpha value is -5.06. The minimum atomic E-state index is -0.990.